The number of fused-ring (bicyclic) bond motifs is 3. The molecule has 1 saturated carbocycles. The van der Waals surface area contributed by atoms with Gasteiger partial charge in [-0.1, -0.05) is 66.7 Å². The molecule has 3 aromatic rings. The van der Waals surface area contributed by atoms with Crippen molar-refractivity contribution in [3.8, 4) is 17.9 Å². The molecule has 6 rings (SSSR count). The van der Waals surface area contributed by atoms with Crippen molar-refractivity contribution in [1.29, 1.82) is 10.5 Å². The van der Waals surface area contributed by atoms with Gasteiger partial charge in [0.05, 0.1) is 19.2 Å². The van der Waals surface area contributed by atoms with Crippen molar-refractivity contribution in [3.63, 3.8) is 0 Å². The minimum Gasteiger partial charge on any atom is -0.497 e. The maximum atomic E-state index is 14.3. The van der Waals surface area contributed by atoms with Crippen LogP contribution in [-0.4, -0.2) is 23.8 Å². The van der Waals surface area contributed by atoms with E-state index in [0.29, 0.717) is 5.56 Å². The van der Waals surface area contributed by atoms with Gasteiger partial charge in [0.25, 0.3) is 0 Å². The Morgan fingerprint density at radius 1 is 0.921 bits per heavy atom. The number of allylic oxidation sites excluding steroid dienone is 1. The van der Waals surface area contributed by atoms with Gasteiger partial charge in [-0.05, 0) is 59.2 Å². The fraction of sp³-hybridized carbons (Fsp3) is 0.242. The fourth-order valence-electron chi connectivity index (χ4n) is 6.42. The third kappa shape index (κ3) is 3.88. The zero-order chi connectivity index (χ0) is 26.2. The molecular weight excluding hydrogens is 470 g/mol. The Morgan fingerprint density at radius 3 is 2.26 bits per heavy atom. The number of benzene rings is 3. The summed E-state index contributed by atoms with van der Waals surface area (Å²) in [6.07, 6.45) is 6.02. The number of rotatable bonds is 6. The Bertz CT molecular complexity index is 1500. The van der Waals surface area contributed by atoms with E-state index in [1.54, 1.807) is 7.11 Å². The molecule has 2 fully saturated rings. The zero-order valence-corrected chi connectivity index (χ0v) is 21.1. The average Bonchev–Trinajstić information content (AvgIpc) is 3.76. The molecule has 0 aromatic heterocycles. The first-order valence-corrected chi connectivity index (χ1v) is 13.0. The molecular formula is C33H27N3O2. The number of carbonyl (C=O) groups excluding carboxylic acids is 1. The smallest absolute Gasteiger partial charge is 0.185 e. The molecule has 4 atom stereocenters. The number of Topliss-reactive ketones (excluding diaryl/α,β-unsaturated/α-hetero) is 1. The highest BCUT2D eigenvalue weighted by atomic mass is 16.5. The summed E-state index contributed by atoms with van der Waals surface area (Å²) in [5.41, 5.74) is 4.97. The highest BCUT2D eigenvalue weighted by Gasteiger charge is 2.56. The molecule has 3 aliphatic rings. The number of carbonyl (C=O) groups is 1. The molecule has 2 heterocycles. The van der Waals surface area contributed by atoms with E-state index in [-0.39, 0.29) is 35.2 Å². The number of ether oxygens (including phenoxy) is 1. The molecule has 3 aromatic carbocycles. The summed E-state index contributed by atoms with van der Waals surface area (Å²) in [7, 11) is 1.64. The van der Waals surface area contributed by atoms with Crippen LogP contribution in [0.2, 0.25) is 0 Å². The number of nitrogens with zero attached hydrogens (tertiary/aromatic N) is 3. The van der Waals surface area contributed by atoms with E-state index in [1.165, 1.54) is 0 Å². The second kappa shape index (κ2) is 9.69. The van der Waals surface area contributed by atoms with Gasteiger partial charge >= 0.3 is 0 Å². The molecule has 5 heteroatoms. The van der Waals surface area contributed by atoms with E-state index in [2.05, 4.69) is 35.2 Å². The number of nitriles is 2. The summed E-state index contributed by atoms with van der Waals surface area (Å²) in [5.74, 6) is 0.481. The van der Waals surface area contributed by atoms with E-state index in [4.69, 9.17) is 4.74 Å². The second-order valence-electron chi connectivity index (χ2n) is 10.2. The molecule has 0 amide bonds. The van der Waals surface area contributed by atoms with Crippen LogP contribution in [0.15, 0.2) is 96.2 Å². The van der Waals surface area contributed by atoms with Crippen molar-refractivity contribution in [2.24, 2.45) is 11.8 Å². The van der Waals surface area contributed by atoms with E-state index in [1.807, 2.05) is 72.9 Å². The Balaban J connectivity index is 1.62. The first-order valence-electron chi connectivity index (χ1n) is 13.0. The van der Waals surface area contributed by atoms with E-state index < -0.39 is 6.04 Å². The highest BCUT2D eigenvalue weighted by Crippen LogP contribution is 2.59. The van der Waals surface area contributed by atoms with Crippen LogP contribution < -0.4 is 4.74 Å². The van der Waals surface area contributed by atoms with Gasteiger partial charge in [-0.2, -0.15) is 10.5 Å². The predicted octanol–water partition coefficient (Wildman–Crippen LogP) is 6.44. The Hall–Kier alpha value is -4.61. The lowest BCUT2D eigenvalue weighted by molar-refractivity contribution is 0.0874. The SMILES string of the molecule is COc1ccc([C@H]2[C@@H](C(=C(C#N)C#N)C3CC3)[C@H]3c4ccccc4C=CN3[C@@H]2C(=O)c2ccccc2)cc1. The van der Waals surface area contributed by atoms with Gasteiger partial charge in [0.15, 0.2) is 5.78 Å². The van der Waals surface area contributed by atoms with Crippen molar-refractivity contribution >= 4 is 11.9 Å². The summed E-state index contributed by atoms with van der Waals surface area (Å²) in [6, 6.07) is 29.3. The molecule has 0 radical (unpaired) electrons. The average molecular weight is 498 g/mol. The van der Waals surface area contributed by atoms with Gasteiger partial charge in [-0.15, -0.1) is 0 Å². The highest BCUT2D eigenvalue weighted by molar-refractivity contribution is 6.01. The zero-order valence-electron chi connectivity index (χ0n) is 21.1. The van der Waals surface area contributed by atoms with Crippen molar-refractivity contribution in [2.45, 2.75) is 30.8 Å². The molecule has 0 unspecified atom stereocenters. The lowest BCUT2D eigenvalue weighted by Crippen LogP contribution is -2.37. The van der Waals surface area contributed by atoms with E-state index in [9.17, 15) is 15.3 Å². The maximum Gasteiger partial charge on any atom is 0.185 e. The van der Waals surface area contributed by atoms with Gasteiger partial charge in [-0.25, -0.2) is 0 Å². The lowest BCUT2D eigenvalue weighted by atomic mass is 9.72. The van der Waals surface area contributed by atoms with Crippen molar-refractivity contribution in [1.82, 2.24) is 4.90 Å². The van der Waals surface area contributed by atoms with E-state index in [0.717, 1.165) is 40.9 Å². The topological polar surface area (TPSA) is 77.1 Å². The number of methoxy groups -OCH3 is 1. The lowest BCUT2D eigenvalue weighted by Gasteiger charge is -2.35. The van der Waals surface area contributed by atoms with Crippen LogP contribution >= 0.6 is 0 Å². The van der Waals surface area contributed by atoms with Crippen LogP contribution in [0.5, 0.6) is 5.75 Å². The van der Waals surface area contributed by atoms with Crippen molar-refractivity contribution < 1.29 is 9.53 Å². The molecule has 1 aliphatic carbocycles. The predicted molar refractivity (Wildman–Crippen MR) is 145 cm³/mol. The van der Waals surface area contributed by atoms with Crippen LogP contribution in [0, 0.1) is 34.5 Å². The van der Waals surface area contributed by atoms with Crippen LogP contribution in [0.3, 0.4) is 0 Å². The summed E-state index contributed by atoms with van der Waals surface area (Å²) >= 11 is 0. The summed E-state index contributed by atoms with van der Waals surface area (Å²) in [5, 5.41) is 20.1. The van der Waals surface area contributed by atoms with Crippen LogP contribution in [0.4, 0.5) is 0 Å². The Labute approximate surface area is 222 Å². The fourth-order valence-corrected chi connectivity index (χ4v) is 6.42. The van der Waals surface area contributed by atoms with Gasteiger partial charge in [-0.3, -0.25) is 4.79 Å². The van der Waals surface area contributed by atoms with Gasteiger partial charge in [0.2, 0.25) is 0 Å². The molecule has 186 valence electrons. The van der Waals surface area contributed by atoms with Crippen molar-refractivity contribution in [3.05, 3.63) is 118 Å². The molecule has 0 spiro atoms. The van der Waals surface area contributed by atoms with Crippen LogP contribution in [0.1, 0.15) is 51.8 Å². The quantitative estimate of drug-likeness (QED) is 0.289. The first-order chi connectivity index (χ1) is 18.7. The minimum absolute atomic E-state index is 0.0357. The maximum absolute atomic E-state index is 14.3. The summed E-state index contributed by atoms with van der Waals surface area (Å²) in [6.45, 7) is 0. The minimum atomic E-state index is -0.502. The Kier molecular flexibility index (Phi) is 6.06. The van der Waals surface area contributed by atoms with Gasteiger partial charge in [0.1, 0.15) is 23.5 Å². The third-order valence-electron chi connectivity index (χ3n) is 8.17. The molecule has 0 N–H and O–H groups in total. The first kappa shape index (κ1) is 23.8. The summed E-state index contributed by atoms with van der Waals surface area (Å²) < 4.78 is 5.43. The van der Waals surface area contributed by atoms with Gasteiger partial charge < -0.3 is 9.64 Å². The molecule has 38 heavy (non-hydrogen) atoms. The standard InChI is InChI=1S/C33H27N3O2/c1-38-26-15-13-23(14-16-26)29-30(28(22-11-12-22)25(19-34)20-35)31-27-10-6-5-7-21(27)17-18-36(31)32(29)33(37)24-8-3-2-4-9-24/h2-10,13-18,22,29-32H,11-12H2,1H3/t29-,30+,31+,32-/m0/s1. The molecule has 5 nitrogen and oxygen atoms in total. The third-order valence-corrected chi connectivity index (χ3v) is 8.17. The monoisotopic (exact) mass is 497 g/mol. The number of hydrogen-bond acceptors (Lipinski definition) is 5. The van der Waals surface area contributed by atoms with E-state index >= 15 is 0 Å². The normalized spacial score (nSPS) is 23.0. The summed E-state index contributed by atoms with van der Waals surface area (Å²) in [4.78, 5) is 16.5. The molecule has 1 saturated heterocycles. The molecule has 2 aliphatic heterocycles. The second-order valence-corrected chi connectivity index (χ2v) is 10.2. The van der Waals surface area contributed by atoms with Crippen molar-refractivity contribution in [2.75, 3.05) is 7.11 Å². The van der Waals surface area contributed by atoms with Gasteiger partial charge in [0, 0.05) is 23.6 Å². The number of hydrogen-bond donors (Lipinski definition) is 0. The Morgan fingerprint density at radius 2 is 1.61 bits per heavy atom. The van der Waals surface area contributed by atoms with Crippen LogP contribution in [-0.2, 0) is 0 Å². The number of ketones is 1. The largest absolute Gasteiger partial charge is 0.497 e. The molecule has 0 bridgehead atoms. The van der Waals surface area contributed by atoms with Crippen LogP contribution in [0.25, 0.3) is 6.08 Å².